The highest BCUT2D eigenvalue weighted by molar-refractivity contribution is 7.80. The van der Waals surface area contributed by atoms with Crippen LogP contribution in [0.1, 0.15) is 11.3 Å². The van der Waals surface area contributed by atoms with Gasteiger partial charge in [-0.2, -0.15) is 0 Å². The first-order valence-corrected chi connectivity index (χ1v) is 6.75. The van der Waals surface area contributed by atoms with Crippen molar-refractivity contribution in [1.82, 2.24) is 14.5 Å². The Morgan fingerprint density at radius 2 is 2.05 bits per heavy atom. The van der Waals surface area contributed by atoms with E-state index in [9.17, 15) is 4.79 Å². The molecule has 2 heterocycles. The van der Waals surface area contributed by atoms with Gasteiger partial charge in [-0.15, -0.1) is 0 Å². The lowest BCUT2D eigenvalue weighted by atomic mass is 10.2. The van der Waals surface area contributed by atoms with Gasteiger partial charge in [0, 0.05) is 6.20 Å². The van der Waals surface area contributed by atoms with E-state index < -0.39 is 0 Å². The summed E-state index contributed by atoms with van der Waals surface area (Å²) >= 11 is 4.91. The molecule has 2 N–H and O–H groups in total. The predicted octanol–water partition coefficient (Wildman–Crippen LogP) is 1.47. The Balaban J connectivity index is 2.02. The van der Waals surface area contributed by atoms with Crippen LogP contribution in [0.2, 0.25) is 0 Å². The SMILES string of the molecule is NC(=S)c1cc(Cn2cnc3ccccc3c2=O)ccn1. The number of pyridine rings is 1. The Morgan fingerprint density at radius 1 is 1.24 bits per heavy atom. The van der Waals surface area contributed by atoms with Gasteiger partial charge in [0.05, 0.1) is 29.5 Å². The highest BCUT2D eigenvalue weighted by Gasteiger charge is 2.05. The van der Waals surface area contributed by atoms with Crippen molar-refractivity contribution in [2.45, 2.75) is 6.54 Å². The van der Waals surface area contributed by atoms with Gasteiger partial charge in [-0.25, -0.2) is 4.98 Å². The van der Waals surface area contributed by atoms with Crippen LogP contribution in [0.15, 0.2) is 53.7 Å². The van der Waals surface area contributed by atoms with Gasteiger partial charge in [0.1, 0.15) is 4.99 Å². The molecule has 0 amide bonds. The minimum atomic E-state index is -0.0747. The first kappa shape index (κ1) is 13.4. The van der Waals surface area contributed by atoms with Gasteiger partial charge < -0.3 is 5.73 Å². The summed E-state index contributed by atoms with van der Waals surface area (Å²) in [5, 5.41) is 0.601. The van der Waals surface area contributed by atoms with Crippen LogP contribution in [0.4, 0.5) is 0 Å². The van der Waals surface area contributed by atoms with Crippen molar-refractivity contribution < 1.29 is 0 Å². The molecule has 3 aromatic rings. The van der Waals surface area contributed by atoms with Gasteiger partial charge >= 0.3 is 0 Å². The second-order valence-corrected chi connectivity index (χ2v) is 5.05. The molecule has 104 valence electrons. The van der Waals surface area contributed by atoms with E-state index in [0.717, 1.165) is 5.56 Å². The molecule has 0 aliphatic carbocycles. The zero-order valence-corrected chi connectivity index (χ0v) is 11.9. The highest BCUT2D eigenvalue weighted by atomic mass is 32.1. The number of thiocarbonyl (C=S) groups is 1. The molecule has 21 heavy (non-hydrogen) atoms. The molecule has 0 fully saturated rings. The molecule has 0 spiro atoms. The topological polar surface area (TPSA) is 73.8 Å². The zero-order valence-electron chi connectivity index (χ0n) is 11.1. The molecule has 3 rings (SSSR count). The smallest absolute Gasteiger partial charge is 0.261 e. The van der Waals surface area contributed by atoms with Crippen molar-refractivity contribution >= 4 is 28.1 Å². The molecule has 0 aliphatic heterocycles. The second kappa shape index (κ2) is 5.41. The average molecular weight is 296 g/mol. The fraction of sp³-hybridized carbons (Fsp3) is 0.0667. The molecule has 6 heteroatoms. The molecule has 0 saturated heterocycles. The van der Waals surface area contributed by atoms with Crippen molar-refractivity contribution in [3.63, 3.8) is 0 Å². The van der Waals surface area contributed by atoms with Crippen LogP contribution in [0.25, 0.3) is 10.9 Å². The van der Waals surface area contributed by atoms with E-state index in [1.165, 1.54) is 0 Å². The van der Waals surface area contributed by atoms with Gasteiger partial charge in [-0.05, 0) is 29.8 Å². The van der Waals surface area contributed by atoms with E-state index in [-0.39, 0.29) is 10.5 Å². The van der Waals surface area contributed by atoms with E-state index in [0.29, 0.717) is 23.1 Å². The predicted molar refractivity (Wildman–Crippen MR) is 85.2 cm³/mol. The third-order valence-corrected chi connectivity index (χ3v) is 3.37. The lowest BCUT2D eigenvalue weighted by Gasteiger charge is -2.07. The lowest BCUT2D eigenvalue weighted by molar-refractivity contribution is 0.747. The third-order valence-electron chi connectivity index (χ3n) is 3.16. The Labute approximate surface area is 126 Å². The van der Waals surface area contributed by atoms with Crippen LogP contribution < -0.4 is 11.3 Å². The third kappa shape index (κ3) is 2.66. The number of aromatic nitrogens is 3. The maximum Gasteiger partial charge on any atom is 0.261 e. The molecular formula is C15H12N4OS. The second-order valence-electron chi connectivity index (χ2n) is 4.61. The largest absolute Gasteiger partial charge is 0.388 e. The molecule has 0 aliphatic rings. The van der Waals surface area contributed by atoms with Crippen LogP contribution in [0, 0.1) is 0 Å². The fourth-order valence-corrected chi connectivity index (χ4v) is 2.23. The summed E-state index contributed by atoms with van der Waals surface area (Å²) in [6.45, 7) is 0.398. The minimum Gasteiger partial charge on any atom is -0.388 e. The summed E-state index contributed by atoms with van der Waals surface area (Å²) in [5.74, 6) is 0. The standard InChI is InChI=1S/C15H12N4OS/c16-14(21)13-7-10(5-6-17-13)8-19-9-18-12-4-2-1-3-11(12)15(19)20/h1-7,9H,8H2,(H2,16,21). The summed E-state index contributed by atoms with van der Waals surface area (Å²) in [6, 6.07) is 10.9. The van der Waals surface area contributed by atoms with Crippen LogP contribution >= 0.6 is 12.2 Å². The normalized spacial score (nSPS) is 10.7. The van der Waals surface area contributed by atoms with E-state index in [2.05, 4.69) is 9.97 Å². The van der Waals surface area contributed by atoms with Crippen LogP contribution in [-0.4, -0.2) is 19.5 Å². The number of hydrogen-bond donors (Lipinski definition) is 1. The van der Waals surface area contributed by atoms with Crippen LogP contribution in [-0.2, 0) is 6.54 Å². The summed E-state index contributed by atoms with van der Waals surface area (Å²) in [4.78, 5) is 21.0. The number of nitrogens with zero attached hydrogens (tertiary/aromatic N) is 3. The number of hydrogen-bond acceptors (Lipinski definition) is 4. The van der Waals surface area contributed by atoms with Gasteiger partial charge in [-0.1, -0.05) is 24.4 Å². The number of fused-ring (bicyclic) bond motifs is 1. The number of nitrogens with two attached hydrogens (primary N) is 1. The maximum absolute atomic E-state index is 12.4. The van der Waals surface area contributed by atoms with Gasteiger partial charge in [0.25, 0.3) is 5.56 Å². The molecular weight excluding hydrogens is 284 g/mol. The van der Waals surface area contributed by atoms with Gasteiger partial charge in [0.2, 0.25) is 0 Å². The molecule has 5 nitrogen and oxygen atoms in total. The first-order valence-electron chi connectivity index (χ1n) is 6.34. The van der Waals surface area contributed by atoms with E-state index in [1.54, 1.807) is 29.2 Å². The average Bonchev–Trinajstić information content (AvgIpc) is 2.51. The Morgan fingerprint density at radius 3 is 2.86 bits per heavy atom. The van der Waals surface area contributed by atoms with E-state index in [4.69, 9.17) is 18.0 Å². The first-order chi connectivity index (χ1) is 10.1. The molecule has 0 atom stereocenters. The fourth-order valence-electron chi connectivity index (χ4n) is 2.12. The highest BCUT2D eigenvalue weighted by Crippen LogP contribution is 2.07. The molecule has 0 unspecified atom stereocenters. The van der Waals surface area contributed by atoms with Crippen molar-refractivity contribution in [1.29, 1.82) is 0 Å². The maximum atomic E-state index is 12.4. The quantitative estimate of drug-likeness (QED) is 0.741. The van der Waals surface area contributed by atoms with Crippen molar-refractivity contribution in [3.05, 3.63) is 70.5 Å². The minimum absolute atomic E-state index is 0.0747. The molecule has 0 radical (unpaired) electrons. The summed E-state index contributed by atoms with van der Waals surface area (Å²) in [5.41, 5.74) is 7.63. The summed E-state index contributed by atoms with van der Waals surface area (Å²) in [6.07, 6.45) is 3.18. The monoisotopic (exact) mass is 296 g/mol. The van der Waals surface area contributed by atoms with Crippen LogP contribution in [0.3, 0.4) is 0 Å². The molecule has 1 aromatic carbocycles. The van der Waals surface area contributed by atoms with E-state index >= 15 is 0 Å². The lowest BCUT2D eigenvalue weighted by Crippen LogP contribution is -2.21. The van der Waals surface area contributed by atoms with Crippen molar-refractivity contribution in [2.24, 2.45) is 5.73 Å². The van der Waals surface area contributed by atoms with E-state index in [1.807, 2.05) is 24.3 Å². The zero-order chi connectivity index (χ0) is 14.8. The van der Waals surface area contributed by atoms with Gasteiger partial charge in [0.15, 0.2) is 0 Å². The molecule has 2 aromatic heterocycles. The van der Waals surface area contributed by atoms with Crippen molar-refractivity contribution in [2.75, 3.05) is 0 Å². The molecule has 0 bridgehead atoms. The number of para-hydroxylation sites is 1. The molecule has 0 saturated carbocycles. The Bertz CT molecular complexity index is 888. The Hall–Kier alpha value is -2.60. The summed E-state index contributed by atoms with van der Waals surface area (Å²) in [7, 11) is 0. The summed E-state index contributed by atoms with van der Waals surface area (Å²) < 4.78 is 1.56. The van der Waals surface area contributed by atoms with Crippen molar-refractivity contribution in [3.8, 4) is 0 Å². The Kier molecular flexibility index (Phi) is 3.45. The van der Waals surface area contributed by atoms with Gasteiger partial charge in [-0.3, -0.25) is 14.3 Å². The number of rotatable bonds is 3. The van der Waals surface area contributed by atoms with Crippen LogP contribution in [0.5, 0.6) is 0 Å². The number of benzene rings is 1.